The van der Waals surface area contributed by atoms with Crippen molar-refractivity contribution in [2.45, 2.75) is 148 Å². The Hall–Kier alpha value is -3.65. The summed E-state index contributed by atoms with van der Waals surface area (Å²) in [6.45, 7) is 11.7. The minimum absolute atomic E-state index is 0.0317. The number of aliphatic hydroxyl groups is 1. The minimum atomic E-state index is -3.70. The zero-order valence-electron chi connectivity index (χ0n) is 34.0. The van der Waals surface area contributed by atoms with Gasteiger partial charge in [0.25, 0.3) is 10.1 Å². The van der Waals surface area contributed by atoms with Gasteiger partial charge in [0.05, 0.1) is 39.7 Å². The fourth-order valence-corrected chi connectivity index (χ4v) is 8.75. The van der Waals surface area contributed by atoms with E-state index in [9.17, 15) is 27.9 Å². The molecule has 3 aromatic rings. The Bertz CT molecular complexity index is 1820. The van der Waals surface area contributed by atoms with Crippen LogP contribution in [0.4, 0.5) is 0 Å². The minimum Gasteiger partial charge on any atom is -0.391 e. The van der Waals surface area contributed by atoms with E-state index in [1.807, 2.05) is 71.3 Å². The molecule has 0 aliphatic carbocycles. The van der Waals surface area contributed by atoms with Crippen LogP contribution in [0.3, 0.4) is 0 Å². The molecule has 2 aromatic carbocycles. The van der Waals surface area contributed by atoms with Crippen LogP contribution in [0, 0.1) is 19.3 Å². The molecule has 1 aliphatic rings. The second-order valence-corrected chi connectivity index (χ2v) is 18.7. The molecule has 1 aromatic heterocycles. The maximum Gasteiger partial charge on any atom is 0.296 e. The van der Waals surface area contributed by atoms with E-state index < -0.39 is 33.7 Å². The molecule has 4 atom stereocenters. The molecule has 0 bridgehead atoms. The highest BCUT2D eigenvalue weighted by molar-refractivity contribution is 7.86. The van der Waals surface area contributed by atoms with Gasteiger partial charge in [-0.3, -0.25) is 18.6 Å². The molecule has 1 aliphatic heterocycles. The van der Waals surface area contributed by atoms with E-state index in [1.54, 1.807) is 35.6 Å². The molecule has 0 radical (unpaired) electrons. The molecule has 11 nitrogen and oxygen atoms in total. The van der Waals surface area contributed by atoms with Crippen molar-refractivity contribution in [1.82, 2.24) is 20.5 Å². The summed E-state index contributed by atoms with van der Waals surface area (Å²) >= 11 is 1.58. The lowest BCUT2D eigenvalue weighted by Gasteiger charge is -2.35. The van der Waals surface area contributed by atoms with Crippen LogP contribution < -0.4 is 10.6 Å². The number of aryl methyl sites for hydroxylation is 2. The molecule has 308 valence electrons. The lowest BCUT2D eigenvalue weighted by atomic mass is 9.85. The molecule has 0 saturated carbocycles. The maximum absolute atomic E-state index is 14.0. The molecule has 3 amide bonds. The van der Waals surface area contributed by atoms with E-state index in [-0.39, 0.29) is 48.2 Å². The van der Waals surface area contributed by atoms with E-state index in [4.69, 9.17) is 4.18 Å². The van der Waals surface area contributed by atoms with Gasteiger partial charge in [0, 0.05) is 19.4 Å². The largest absolute Gasteiger partial charge is 0.391 e. The Morgan fingerprint density at radius 1 is 0.893 bits per heavy atom. The van der Waals surface area contributed by atoms with Crippen LogP contribution in [0.5, 0.6) is 0 Å². The van der Waals surface area contributed by atoms with Crippen molar-refractivity contribution in [2.75, 3.05) is 13.2 Å². The first-order chi connectivity index (χ1) is 26.6. The third kappa shape index (κ3) is 13.5. The molecular weight excluding hydrogens is 749 g/mol. The fourth-order valence-electron chi connectivity index (χ4n) is 6.99. The molecule has 2 heterocycles. The highest BCUT2D eigenvalue weighted by atomic mass is 32.2. The van der Waals surface area contributed by atoms with Crippen molar-refractivity contribution in [3.05, 3.63) is 70.9 Å². The number of unbranched alkanes of at least 4 members (excludes halogenated alkanes) is 9. The zero-order valence-corrected chi connectivity index (χ0v) is 35.6. The number of aliphatic hydroxyl groups excluding tert-OH is 1. The van der Waals surface area contributed by atoms with Gasteiger partial charge in [-0.15, -0.1) is 11.3 Å². The average molecular weight is 811 g/mol. The fraction of sp³-hybridized carbons (Fsp3) is 0.581. The molecule has 1 fully saturated rings. The SMILES string of the molecule is Cc1ccc(S(=O)(=O)OCCCCCCCCCCCCC(=O)N[C@H](C(=O)N2C[C@H](O)C[C@H]2C(=O)N[C@@H](C)c2ccc(-c3scnc3C)cc2)C(C)(C)C)cc1. The number of carbonyl (C=O) groups is 3. The van der Waals surface area contributed by atoms with Gasteiger partial charge in [0.1, 0.15) is 12.1 Å². The van der Waals surface area contributed by atoms with Crippen LogP contribution in [0.25, 0.3) is 10.4 Å². The number of nitrogens with one attached hydrogen (secondary N) is 2. The predicted octanol–water partition coefficient (Wildman–Crippen LogP) is 7.79. The van der Waals surface area contributed by atoms with Crippen molar-refractivity contribution in [2.24, 2.45) is 5.41 Å². The summed E-state index contributed by atoms with van der Waals surface area (Å²) in [6.07, 6.45) is 9.33. The number of hydrogen-bond acceptors (Lipinski definition) is 9. The van der Waals surface area contributed by atoms with Crippen LogP contribution >= 0.6 is 11.3 Å². The number of aromatic nitrogens is 1. The summed E-state index contributed by atoms with van der Waals surface area (Å²) in [6, 6.07) is 12.6. The Morgan fingerprint density at radius 3 is 2.05 bits per heavy atom. The number of nitrogens with zero attached hydrogens (tertiary/aromatic N) is 2. The van der Waals surface area contributed by atoms with Crippen LogP contribution in [0.1, 0.15) is 128 Å². The second-order valence-electron chi connectivity index (χ2n) is 16.3. The molecular formula is C43H62N4O7S2. The Kier molecular flexibility index (Phi) is 17.1. The number of hydrogen-bond donors (Lipinski definition) is 3. The third-order valence-corrected chi connectivity index (χ3v) is 12.7. The first-order valence-corrected chi connectivity index (χ1v) is 22.4. The van der Waals surface area contributed by atoms with Crippen LogP contribution in [0.2, 0.25) is 0 Å². The Labute approximate surface area is 338 Å². The number of benzene rings is 2. The summed E-state index contributed by atoms with van der Waals surface area (Å²) in [5, 5.41) is 16.6. The van der Waals surface area contributed by atoms with E-state index in [0.29, 0.717) is 12.8 Å². The average Bonchev–Trinajstić information content (AvgIpc) is 3.77. The smallest absolute Gasteiger partial charge is 0.296 e. The van der Waals surface area contributed by atoms with Gasteiger partial charge >= 0.3 is 0 Å². The van der Waals surface area contributed by atoms with Crippen molar-refractivity contribution >= 4 is 39.2 Å². The monoisotopic (exact) mass is 810 g/mol. The van der Waals surface area contributed by atoms with Gasteiger partial charge < -0.3 is 20.6 Å². The Morgan fingerprint density at radius 2 is 1.48 bits per heavy atom. The van der Waals surface area contributed by atoms with Gasteiger partial charge in [-0.2, -0.15) is 8.42 Å². The van der Waals surface area contributed by atoms with E-state index >= 15 is 0 Å². The topological polar surface area (TPSA) is 155 Å². The van der Waals surface area contributed by atoms with Gasteiger partial charge in [-0.25, -0.2) is 4.98 Å². The first kappa shape index (κ1) is 45.1. The Balaban J connectivity index is 1.13. The molecule has 0 unspecified atom stereocenters. The second kappa shape index (κ2) is 21.2. The molecule has 4 rings (SSSR count). The van der Waals surface area contributed by atoms with Gasteiger partial charge in [0.2, 0.25) is 17.7 Å². The van der Waals surface area contributed by atoms with Crippen molar-refractivity contribution in [1.29, 1.82) is 0 Å². The summed E-state index contributed by atoms with van der Waals surface area (Å²) in [4.78, 5) is 47.7. The normalized spacial score (nSPS) is 17.1. The summed E-state index contributed by atoms with van der Waals surface area (Å²) in [5.41, 5.74) is 5.17. The molecule has 56 heavy (non-hydrogen) atoms. The van der Waals surface area contributed by atoms with Gasteiger partial charge in [-0.1, -0.05) is 114 Å². The number of carbonyl (C=O) groups excluding carboxylic acids is 3. The van der Waals surface area contributed by atoms with E-state index in [0.717, 1.165) is 85.0 Å². The van der Waals surface area contributed by atoms with E-state index in [1.165, 1.54) is 4.90 Å². The lowest BCUT2D eigenvalue weighted by Crippen LogP contribution is -2.57. The number of likely N-dealkylation sites (tertiary alicyclic amines) is 1. The van der Waals surface area contributed by atoms with Crippen LogP contribution in [-0.2, 0) is 28.7 Å². The van der Waals surface area contributed by atoms with Gasteiger partial charge in [0.15, 0.2) is 0 Å². The maximum atomic E-state index is 14.0. The van der Waals surface area contributed by atoms with Crippen LogP contribution in [-0.4, -0.2) is 72.5 Å². The zero-order chi connectivity index (χ0) is 40.9. The lowest BCUT2D eigenvalue weighted by molar-refractivity contribution is -0.144. The number of thiazole rings is 1. The quantitative estimate of drug-likeness (QED) is 0.0728. The summed E-state index contributed by atoms with van der Waals surface area (Å²) in [7, 11) is -3.70. The van der Waals surface area contributed by atoms with Crippen molar-refractivity contribution < 1.29 is 32.1 Å². The number of rotatable bonds is 21. The van der Waals surface area contributed by atoms with Crippen molar-refractivity contribution in [3.63, 3.8) is 0 Å². The highest BCUT2D eigenvalue weighted by Gasteiger charge is 2.44. The summed E-state index contributed by atoms with van der Waals surface area (Å²) in [5.74, 6) is -0.889. The molecule has 3 N–H and O–H groups in total. The van der Waals surface area contributed by atoms with E-state index in [2.05, 4.69) is 15.6 Å². The van der Waals surface area contributed by atoms with Gasteiger partial charge in [-0.05, 0) is 62.3 Å². The molecule has 0 spiro atoms. The predicted molar refractivity (Wildman–Crippen MR) is 221 cm³/mol. The number of amides is 3. The highest BCUT2D eigenvalue weighted by Crippen LogP contribution is 2.30. The van der Waals surface area contributed by atoms with Crippen LogP contribution in [0.15, 0.2) is 58.9 Å². The van der Waals surface area contributed by atoms with Crippen molar-refractivity contribution in [3.8, 4) is 10.4 Å². The first-order valence-electron chi connectivity index (χ1n) is 20.1. The number of β-amino-alcohol motifs (C(OH)–C–C–N with tert-alkyl or cyclic N) is 1. The standard InChI is InChI=1S/C43H62N4O7S2/c1-30-18-24-36(25-19-30)56(52,53)54-26-16-14-12-10-8-7-9-11-13-15-17-38(49)46-40(43(4,5)6)42(51)47-28-35(48)27-37(47)41(50)45-31(2)33-20-22-34(23-21-33)39-32(3)44-29-55-39/h18-25,29,31,35,37,40,48H,7-17,26-28H2,1-6H3,(H,45,50)(H,46,49)/t31-,35+,37-,40+/m0/s1. The molecule has 13 heteroatoms. The molecule has 1 saturated heterocycles. The summed E-state index contributed by atoms with van der Waals surface area (Å²) < 4.78 is 29.7. The third-order valence-electron chi connectivity index (χ3n) is 10.4.